The largest absolute Gasteiger partial charge is 0.388 e. The molecule has 1 spiro atoms. The summed E-state index contributed by atoms with van der Waals surface area (Å²) in [5.74, 6) is 0.716. The molecule has 2 aliphatic heterocycles. The number of hydrogen-bond acceptors (Lipinski definition) is 7. The summed E-state index contributed by atoms with van der Waals surface area (Å²) < 4.78 is 0. The van der Waals surface area contributed by atoms with Gasteiger partial charge in [-0.15, -0.1) is 0 Å². The van der Waals surface area contributed by atoms with Crippen molar-refractivity contribution in [3.8, 4) is 0 Å². The number of rotatable bonds is 6. The normalized spacial score (nSPS) is 29.3. The molecule has 6 rings (SSSR count). The highest BCUT2D eigenvalue weighted by Crippen LogP contribution is 2.50. The summed E-state index contributed by atoms with van der Waals surface area (Å²) in [6.45, 7) is 4.62. The van der Waals surface area contributed by atoms with E-state index in [9.17, 15) is 9.90 Å². The lowest BCUT2D eigenvalue weighted by Gasteiger charge is -2.52. The van der Waals surface area contributed by atoms with Gasteiger partial charge in [-0.1, -0.05) is 30.3 Å². The van der Waals surface area contributed by atoms with E-state index in [4.69, 9.17) is 0 Å². The third-order valence-electron chi connectivity index (χ3n) is 9.73. The van der Waals surface area contributed by atoms with Crippen LogP contribution < -0.4 is 15.1 Å². The number of β-amino-alcohol motifs (C(OH)–C–C–N with tert-alkyl or cyclic N) is 1. The van der Waals surface area contributed by atoms with Gasteiger partial charge in [0.15, 0.2) is 0 Å². The highest BCUT2D eigenvalue weighted by Gasteiger charge is 2.56. The molecule has 4 aliphatic rings. The molecule has 1 aromatic heterocycles. The molecule has 9 heteroatoms. The van der Waals surface area contributed by atoms with Gasteiger partial charge in [0, 0.05) is 31.7 Å². The molecule has 3 heterocycles. The Balaban J connectivity index is 1.27. The van der Waals surface area contributed by atoms with E-state index in [0.717, 1.165) is 76.8 Å². The van der Waals surface area contributed by atoms with Crippen LogP contribution in [-0.2, 0) is 5.54 Å². The summed E-state index contributed by atoms with van der Waals surface area (Å²) in [5.41, 5.74) is 0.937. The van der Waals surface area contributed by atoms with Crippen LogP contribution in [0.15, 0.2) is 42.7 Å². The van der Waals surface area contributed by atoms with Gasteiger partial charge in [-0.25, -0.2) is 14.8 Å². The second kappa shape index (κ2) is 9.77. The topological polar surface area (TPSA) is 88.1 Å². The van der Waals surface area contributed by atoms with Crippen molar-refractivity contribution in [2.45, 2.75) is 61.6 Å². The number of aromatic nitrogens is 2. The Morgan fingerprint density at radius 2 is 1.63 bits per heavy atom. The van der Waals surface area contributed by atoms with Crippen LogP contribution in [0, 0.1) is 0 Å². The summed E-state index contributed by atoms with van der Waals surface area (Å²) in [6, 6.07) is 10.7. The number of hydrogen-bond donors (Lipinski definition) is 2. The maximum Gasteiger partial charge on any atom is 0.325 e. The van der Waals surface area contributed by atoms with Gasteiger partial charge in [0.2, 0.25) is 5.95 Å². The molecule has 204 valence electrons. The molecule has 4 fully saturated rings. The van der Waals surface area contributed by atoms with E-state index in [1.807, 2.05) is 9.80 Å². The first-order valence-corrected chi connectivity index (χ1v) is 14.2. The SMILES string of the molecule is CN(C)[C@]1(c2ccccc2)CC[C@]2(CC1)CN(c1cnc(N3CCNCC3)nc1)C(=O)N2CC1(O)CCC1. The van der Waals surface area contributed by atoms with Crippen molar-refractivity contribution in [2.75, 3.05) is 63.2 Å². The van der Waals surface area contributed by atoms with E-state index in [2.05, 4.69) is 69.5 Å². The number of carbonyl (C=O) groups excluding carboxylic acids is 1. The van der Waals surface area contributed by atoms with Crippen molar-refractivity contribution < 1.29 is 9.90 Å². The number of carbonyl (C=O) groups is 1. The van der Waals surface area contributed by atoms with Gasteiger partial charge in [-0.2, -0.15) is 0 Å². The minimum absolute atomic E-state index is 0.0269. The number of amides is 2. The van der Waals surface area contributed by atoms with Crippen molar-refractivity contribution in [2.24, 2.45) is 0 Å². The first-order valence-electron chi connectivity index (χ1n) is 14.2. The van der Waals surface area contributed by atoms with Crippen molar-refractivity contribution in [3.05, 3.63) is 48.3 Å². The lowest BCUT2D eigenvalue weighted by Crippen LogP contribution is -2.59. The average Bonchev–Trinajstić information content (AvgIpc) is 3.20. The zero-order valence-corrected chi connectivity index (χ0v) is 22.8. The molecule has 0 radical (unpaired) electrons. The van der Waals surface area contributed by atoms with Crippen LogP contribution in [0.5, 0.6) is 0 Å². The number of nitrogens with one attached hydrogen (secondary N) is 1. The van der Waals surface area contributed by atoms with Crippen LogP contribution in [0.3, 0.4) is 0 Å². The molecule has 2 aromatic rings. The second-order valence-electron chi connectivity index (χ2n) is 12.0. The minimum Gasteiger partial charge on any atom is -0.388 e. The summed E-state index contributed by atoms with van der Waals surface area (Å²) in [4.78, 5) is 31.7. The van der Waals surface area contributed by atoms with E-state index in [-0.39, 0.29) is 17.1 Å². The molecule has 0 atom stereocenters. The molecule has 9 nitrogen and oxygen atoms in total. The van der Waals surface area contributed by atoms with Crippen LogP contribution in [-0.4, -0.2) is 95.4 Å². The van der Waals surface area contributed by atoms with E-state index in [1.54, 1.807) is 12.4 Å². The Labute approximate surface area is 225 Å². The third-order valence-corrected chi connectivity index (χ3v) is 9.73. The molecular weight excluding hydrogens is 478 g/mol. The van der Waals surface area contributed by atoms with E-state index in [0.29, 0.717) is 19.0 Å². The summed E-state index contributed by atoms with van der Waals surface area (Å²) in [6.07, 6.45) is 9.84. The van der Waals surface area contributed by atoms with Crippen molar-refractivity contribution >= 4 is 17.7 Å². The van der Waals surface area contributed by atoms with E-state index >= 15 is 0 Å². The monoisotopic (exact) mass is 519 g/mol. The highest BCUT2D eigenvalue weighted by atomic mass is 16.3. The van der Waals surface area contributed by atoms with Crippen LogP contribution in [0.2, 0.25) is 0 Å². The predicted octanol–water partition coefficient (Wildman–Crippen LogP) is 2.81. The molecule has 2 N–H and O–H groups in total. The van der Waals surface area contributed by atoms with Gasteiger partial charge >= 0.3 is 6.03 Å². The minimum atomic E-state index is -0.767. The number of piperazine rings is 1. The fraction of sp³-hybridized carbons (Fsp3) is 0.621. The number of benzene rings is 1. The van der Waals surface area contributed by atoms with Crippen molar-refractivity contribution in [1.29, 1.82) is 0 Å². The quantitative estimate of drug-likeness (QED) is 0.607. The highest BCUT2D eigenvalue weighted by molar-refractivity contribution is 5.95. The molecule has 38 heavy (non-hydrogen) atoms. The molecule has 2 saturated carbocycles. The number of anilines is 2. The molecule has 0 unspecified atom stereocenters. The second-order valence-corrected chi connectivity index (χ2v) is 12.0. The lowest BCUT2D eigenvalue weighted by molar-refractivity contribution is -0.0725. The van der Waals surface area contributed by atoms with Crippen LogP contribution in [0.25, 0.3) is 0 Å². The molecule has 2 saturated heterocycles. The first kappa shape index (κ1) is 25.5. The fourth-order valence-electron chi connectivity index (χ4n) is 7.05. The Morgan fingerprint density at radius 3 is 2.21 bits per heavy atom. The zero-order chi connectivity index (χ0) is 26.4. The number of urea groups is 1. The van der Waals surface area contributed by atoms with Crippen molar-refractivity contribution in [1.82, 2.24) is 25.1 Å². The number of aliphatic hydroxyl groups is 1. The average molecular weight is 520 g/mol. The predicted molar refractivity (Wildman–Crippen MR) is 148 cm³/mol. The van der Waals surface area contributed by atoms with Crippen LogP contribution in [0.4, 0.5) is 16.4 Å². The first-order chi connectivity index (χ1) is 18.3. The summed E-state index contributed by atoms with van der Waals surface area (Å²) in [7, 11) is 4.34. The van der Waals surface area contributed by atoms with Crippen LogP contribution in [0.1, 0.15) is 50.5 Å². The molecule has 0 bridgehead atoms. The van der Waals surface area contributed by atoms with Gasteiger partial charge < -0.3 is 20.2 Å². The van der Waals surface area contributed by atoms with Crippen molar-refractivity contribution in [3.63, 3.8) is 0 Å². The van der Waals surface area contributed by atoms with Gasteiger partial charge in [0.25, 0.3) is 0 Å². The smallest absolute Gasteiger partial charge is 0.325 e. The maximum absolute atomic E-state index is 14.0. The molecule has 2 aliphatic carbocycles. The summed E-state index contributed by atoms with van der Waals surface area (Å²) >= 11 is 0. The Kier molecular flexibility index (Phi) is 6.56. The Bertz CT molecular complexity index is 1120. The Morgan fingerprint density at radius 1 is 0.974 bits per heavy atom. The standard InChI is InChI=1S/C29H41N7O2/c1-33(2)29(23-7-4-3-5-8-23)13-11-27(12-14-29)21-35(26(37)36(27)22-28(38)9-6-10-28)24-19-31-25(32-20-24)34-17-15-30-16-18-34/h3-5,7-8,19-20,30,38H,6,9-18,21-22H2,1-2H3/t27-,29+. The van der Waals surface area contributed by atoms with E-state index in [1.165, 1.54) is 5.56 Å². The number of nitrogens with zero attached hydrogens (tertiary/aromatic N) is 6. The zero-order valence-electron chi connectivity index (χ0n) is 22.8. The van der Waals surface area contributed by atoms with Gasteiger partial charge in [-0.05, 0) is 64.6 Å². The van der Waals surface area contributed by atoms with Gasteiger partial charge in [-0.3, -0.25) is 9.80 Å². The fourth-order valence-corrected chi connectivity index (χ4v) is 7.05. The molecular formula is C29H41N7O2. The molecule has 2 amide bonds. The van der Waals surface area contributed by atoms with Gasteiger partial charge in [0.1, 0.15) is 0 Å². The van der Waals surface area contributed by atoms with E-state index < -0.39 is 5.60 Å². The lowest BCUT2D eigenvalue weighted by atomic mass is 9.67. The maximum atomic E-state index is 14.0. The third kappa shape index (κ3) is 4.34. The summed E-state index contributed by atoms with van der Waals surface area (Å²) in [5, 5.41) is 14.5. The molecule has 1 aromatic carbocycles. The van der Waals surface area contributed by atoms with Gasteiger partial charge in [0.05, 0.1) is 42.3 Å². The van der Waals surface area contributed by atoms with Crippen LogP contribution >= 0.6 is 0 Å². The Hall–Kier alpha value is -2.75.